The van der Waals surface area contributed by atoms with Crippen LogP contribution in [0.5, 0.6) is 0 Å². The monoisotopic (exact) mass is 298 g/mol. The molecule has 0 spiro atoms. The summed E-state index contributed by atoms with van der Waals surface area (Å²) >= 11 is 0. The van der Waals surface area contributed by atoms with Crippen LogP contribution in [0.15, 0.2) is 48.5 Å². The van der Waals surface area contributed by atoms with Gasteiger partial charge in [0.1, 0.15) is 5.82 Å². The predicted molar refractivity (Wildman–Crippen MR) is 76.5 cm³/mol. The number of amides is 1. The first-order valence-corrected chi connectivity index (χ1v) is 6.31. The third kappa shape index (κ3) is 4.15. The number of nitrogens with one attached hydrogen (secondary N) is 1. The van der Waals surface area contributed by atoms with Crippen LogP contribution in [-0.4, -0.2) is 18.5 Å². The van der Waals surface area contributed by atoms with Gasteiger partial charge in [-0.1, -0.05) is 0 Å². The lowest BCUT2D eigenvalue weighted by molar-refractivity contribution is -0.119. The van der Waals surface area contributed by atoms with Gasteiger partial charge in [-0.2, -0.15) is 5.26 Å². The second-order valence-electron chi connectivity index (χ2n) is 4.32. The summed E-state index contributed by atoms with van der Waals surface area (Å²) in [6.07, 6.45) is 0. The van der Waals surface area contributed by atoms with Crippen molar-refractivity contribution in [2.45, 2.75) is 0 Å². The Hall–Kier alpha value is -3.20. The summed E-state index contributed by atoms with van der Waals surface area (Å²) in [5, 5.41) is 11.1. The molecule has 0 bridgehead atoms. The third-order valence-corrected chi connectivity index (χ3v) is 2.71. The van der Waals surface area contributed by atoms with Crippen molar-refractivity contribution in [3.05, 3.63) is 65.5 Å². The molecule has 22 heavy (non-hydrogen) atoms. The molecular weight excluding hydrogens is 287 g/mol. The van der Waals surface area contributed by atoms with E-state index in [4.69, 9.17) is 10.00 Å². The van der Waals surface area contributed by atoms with E-state index in [1.54, 1.807) is 0 Å². The van der Waals surface area contributed by atoms with Gasteiger partial charge in [-0.05, 0) is 48.5 Å². The van der Waals surface area contributed by atoms with Crippen LogP contribution in [0.1, 0.15) is 15.9 Å². The zero-order valence-electron chi connectivity index (χ0n) is 11.4. The Kier molecular flexibility index (Phi) is 4.83. The van der Waals surface area contributed by atoms with Gasteiger partial charge in [0.05, 0.1) is 17.2 Å². The number of rotatable bonds is 4. The smallest absolute Gasteiger partial charge is 0.338 e. The van der Waals surface area contributed by atoms with E-state index in [1.807, 2.05) is 6.07 Å². The molecule has 0 atom stereocenters. The van der Waals surface area contributed by atoms with E-state index in [0.717, 1.165) is 0 Å². The molecule has 0 aliphatic rings. The highest BCUT2D eigenvalue weighted by Gasteiger charge is 2.10. The summed E-state index contributed by atoms with van der Waals surface area (Å²) in [5.74, 6) is -1.61. The molecule has 0 aromatic heterocycles. The van der Waals surface area contributed by atoms with Gasteiger partial charge in [0.15, 0.2) is 6.61 Å². The lowest BCUT2D eigenvalue weighted by Crippen LogP contribution is -2.20. The molecule has 0 unspecified atom stereocenters. The number of hydrogen-bond donors (Lipinski definition) is 1. The number of anilines is 1. The van der Waals surface area contributed by atoms with Gasteiger partial charge in [-0.15, -0.1) is 0 Å². The maximum absolute atomic E-state index is 12.7. The fourth-order valence-corrected chi connectivity index (χ4v) is 1.63. The molecule has 1 amide bonds. The fourth-order valence-electron chi connectivity index (χ4n) is 1.63. The van der Waals surface area contributed by atoms with Crippen molar-refractivity contribution in [1.82, 2.24) is 0 Å². The third-order valence-electron chi connectivity index (χ3n) is 2.71. The van der Waals surface area contributed by atoms with E-state index in [0.29, 0.717) is 11.3 Å². The topological polar surface area (TPSA) is 79.2 Å². The number of nitrogens with zero attached hydrogens (tertiary/aromatic N) is 1. The number of carbonyl (C=O) groups excluding carboxylic acids is 2. The summed E-state index contributed by atoms with van der Waals surface area (Å²) in [4.78, 5) is 23.3. The molecular formula is C16H11FN2O3. The Bertz CT molecular complexity index is 719. The summed E-state index contributed by atoms with van der Waals surface area (Å²) in [6, 6.07) is 13.0. The van der Waals surface area contributed by atoms with Gasteiger partial charge in [-0.25, -0.2) is 9.18 Å². The molecule has 0 saturated carbocycles. The van der Waals surface area contributed by atoms with Crippen molar-refractivity contribution >= 4 is 17.6 Å². The molecule has 0 heterocycles. The van der Waals surface area contributed by atoms with E-state index < -0.39 is 24.3 Å². The molecule has 5 nitrogen and oxygen atoms in total. The molecule has 110 valence electrons. The Balaban J connectivity index is 1.86. The van der Waals surface area contributed by atoms with Gasteiger partial charge in [0, 0.05) is 5.69 Å². The standard InChI is InChI=1S/C16H11FN2O3/c17-13-5-7-14(8-6-13)19-15(20)10-22-16(21)12-3-1-11(9-18)2-4-12/h1-8H,10H2,(H,19,20). The minimum Gasteiger partial charge on any atom is -0.452 e. The summed E-state index contributed by atoms with van der Waals surface area (Å²) in [6.45, 7) is -0.462. The zero-order valence-corrected chi connectivity index (χ0v) is 11.4. The molecule has 0 aliphatic heterocycles. The summed E-state index contributed by atoms with van der Waals surface area (Å²) in [5.41, 5.74) is 1.07. The van der Waals surface area contributed by atoms with E-state index >= 15 is 0 Å². The Morgan fingerprint density at radius 2 is 1.73 bits per heavy atom. The molecule has 2 aromatic rings. The second kappa shape index (κ2) is 6.99. The molecule has 0 radical (unpaired) electrons. The molecule has 2 rings (SSSR count). The predicted octanol–water partition coefficient (Wildman–Crippen LogP) is 2.49. The molecule has 0 fully saturated rings. The number of halogens is 1. The zero-order chi connectivity index (χ0) is 15.9. The van der Waals surface area contributed by atoms with Crippen LogP contribution in [-0.2, 0) is 9.53 Å². The van der Waals surface area contributed by atoms with Crippen molar-refractivity contribution < 1.29 is 18.7 Å². The van der Waals surface area contributed by atoms with Crippen molar-refractivity contribution in [1.29, 1.82) is 5.26 Å². The number of benzene rings is 2. The SMILES string of the molecule is N#Cc1ccc(C(=O)OCC(=O)Nc2ccc(F)cc2)cc1. The van der Waals surface area contributed by atoms with Gasteiger partial charge in [-0.3, -0.25) is 4.79 Å². The molecule has 6 heteroatoms. The highest BCUT2D eigenvalue weighted by atomic mass is 19.1. The molecule has 2 aromatic carbocycles. The first kappa shape index (κ1) is 15.2. The Labute approximate surface area is 125 Å². The van der Waals surface area contributed by atoms with E-state index in [-0.39, 0.29) is 5.56 Å². The number of ether oxygens (including phenoxy) is 1. The number of esters is 1. The number of hydrogen-bond acceptors (Lipinski definition) is 4. The van der Waals surface area contributed by atoms with Crippen LogP contribution < -0.4 is 5.32 Å². The first-order valence-electron chi connectivity index (χ1n) is 6.31. The molecule has 0 saturated heterocycles. The van der Waals surface area contributed by atoms with Crippen LogP contribution >= 0.6 is 0 Å². The highest BCUT2D eigenvalue weighted by Crippen LogP contribution is 2.08. The lowest BCUT2D eigenvalue weighted by Gasteiger charge is -2.06. The molecule has 0 aliphatic carbocycles. The minimum absolute atomic E-state index is 0.244. The van der Waals surface area contributed by atoms with Crippen LogP contribution in [0.4, 0.5) is 10.1 Å². The van der Waals surface area contributed by atoms with Crippen molar-refractivity contribution in [2.75, 3.05) is 11.9 Å². The maximum atomic E-state index is 12.7. The van der Waals surface area contributed by atoms with Gasteiger partial charge < -0.3 is 10.1 Å². The highest BCUT2D eigenvalue weighted by molar-refractivity contribution is 5.95. The lowest BCUT2D eigenvalue weighted by atomic mass is 10.1. The van der Waals surface area contributed by atoms with Crippen LogP contribution in [0.3, 0.4) is 0 Å². The van der Waals surface area contributed by atoms with Crippen molar-refractivity contribution in [3.8, 4) is 6.07 Å². The van der Waals surface area contributed by atoms with E-state index in [9.17, 15) is 14.0 Å². The van der Waals surface area contributed by atoms with Crippen LogP contribution in [0.25, 0.3) is 0 Å². The average Bonchev–Trinajstić information content (AvgIpc) is 2.55. The van der Waals surface area contributed by atoms with Crippen LogP contribution in [0.2, 0.25) is 0 Å². The maximum Gasteiger partial charge on any atom is 0.338 e. The van der Waals surface area contributed by atoms with Gasteiger partial charge >= 0.3 is 5.97 Å². The fraction of sp³-hybridized carbons (Fsp3) is 0.0625. The summed E-state index contributed by atoms with van der Waals surface area (Å²) < 4.78 is 17.6. The van der Waals surface area contributed by atoms with E-state index in [1.165, 1.54) is 48.5 Å². The van der Waals surface area contributed by atoms with Gasteiger partial charge in [0.25, 0.3) is 5.91 Å². The van der Waals surface area contributed by atoms with Crippen molar-refractivity contribution in [3.63, 3.8) is 0 Å². The normalized spacial score (nSPS) is 9.64. The number of carbonyl (C=O) groups is 2. The quantitative estimate of drug-likeness (QED) is 0.879. The second-order valence-corrected chi connectivity index (χ2v) is 4.32. The average molecular weight is 298 g/mol. The van der Waals surface area contributed by atoms with E-state index in [2.05, 4.69) is 5.32 Å². The largest absolute Gasteiger partial charge is 0.452 e. The van der Waals surface area contributed by atoms with Crippen LogP contribution in [0, 0.1) is 17.1 Å². The Morgan fingerprint density at radius 3 is 2.32 bits per heavy atom. The molecule has 1 N–H and O–H groups in total. The Morgan fingerprint density at radius 1 is 1.09 bits per heavy atom. The summed E-state index contributed by atoms with van der Waals surface area (Å²) in [7, 11) is 0. The first-order chi connectivity index (χ1) is 10.6. The van der Waals surface area contributed by atoms with Gasteiger partial charge in [0.2, 0.25) is 0 Å². The van der Waals surface area contributed by atoms with Crippen molar-refractivity contribution in [2.24, 2.45) is 0 Å². The number of nitriles is 1. The minimum atomic E-state index is -0.668.